The van der Waals surface area contributed by atoms with Crippen LogP contribution >= 0.6 is 0 Å². The lowest BCUT2D eigenvalue weighted by Crippen LogP contribution is -2.31. The number of hydrogen-bond acceptors (Lipinski definition) is 2. The highest BCUT2D eigenvalue weighted by molar-refractivity contribution is 5.93. The molecule has 1 fully saturated rings. The van der Waals surface area contributed by atoms with Gasteiger partial charge < -0.3 is 9.88 Å². The zero-order valence-corrected chi connectivity index (χ0v) is 10.8. The molecule has 1 N–H and O–H groups in total. The summed E-state index contributed by atoms with van der Waals surface area (Å²) in [6, 6.07) is 3.06. The van der Waals surface area contributed by atoms with Crippen LogP contribution in [-0.2, 0) is 7.05 Å². The first kappa shape index (κ1) is 12.9. The van der Waals surface area contributed by atoms with Gasteiger partial charge in [-0.05, 0) is 24.8 Å². The summed E-state index contributed by atoms with van der Waals surface area (Å²) in [6.07, 6.45) is 7.89. The number of aryl methyl sites for hydroxylation is 1. The van der Waals surface area contributed by atoms with Crippen LogP contribution in [0.3, 0.4) is 0 Å². The molecule has 1 aliphatic carbocycles. The minimum absolute atomic E-state index is 0.140. The van der Waals surface area contributed by atoms with Gasteiger partial charge in [0.2, 0.25) is 0 Å². The van der Waals surface area contributed by atoms with Gasteiger partial charge in [-0.2, -0.15) is 0 Å². The molecule has 0 spiro atoms. The number of aromatic nitrogens is 1. The Hall–Kier alpha value is -1.58. The Morgan fingerprint density at radius 3 is 2.78 bits per heavy atom. The van der Waals surface area contributed by atoms with Crippen LogP contribution in [0.1, 0.15) is 42.5 Å². The first-order valence-electron chi connectivity index (χ1n) is 6.61. The van der Waals surface area contributed by atoms with Crippen LogP contribution < -0.4 is 10.9 Å². The van der Waals surface area contributed by atoms with E-state index in [-0.39, 0.29) is 11.5 Å². The SMILES string of the molecule is Cn1ccc(C(=O)NCC2CCCCC2)cc1=O. The van der Waals surface area contributed by atoms with Crippen molar-refractivity contribution in [2.24, 2.45) is 13.0 Å². The Morgan fingerprint density at radius 2 is 2.11 bits per heavy atom. The molecule has 4 heteroatoms. The Morgan fingerprint density at radius 1 is 1.39 bits per heavy atom. The van der Waals surface area contributed by atoms with Crippen molar-refractivity contribution in [3.63, 3.8) is 0 Å². The predicted molar refractivity (Wildman–Crippen MR) is 70.6 cm³/mol. The molecule has 0 aliphatic heterocycles. The molecule has 0 aromatic carbocycles. The molecule has 0 unspecified atom stereocenters. The van der Waals surface area contributed by atoms with E-state index in [1.54, 1.807) is 19.3 Å². The smallest absolute Gasteiger partial charge is 0.251 e. The number of hydrogen-bond donors (Lipinski definition) is 1. The molecular formula is C14H20N2O2. The first-order valence-corrected chi connectivity index (χ1v) is 6.61. The standard InChI is InChI=1S/C14H20N2O2/c1-16-8-7-12(9-13(16)17)14(18)15-10-11-5-3-2-4-6-11/h7-9,11H,2-6,10H2,1H3,(H,15,18). The molecule has 2 rings (SSSR count). The van der Waals surface area contributed by atoms with E-state index in [0.29, 0.717) is 11.5 Å². The second-order valence-electron chi connectivity index (χ2n) is 5.08. The molecule has 1 heterocycles. The van der Waals surface area contributed by atoms with Crippen molar-refractivity contribution >= 4 is 5.91 Å². The van der Waals surface area contributed by atoms with E-state index in [1.165, 1.54) is 42.7 Å². The Labute approximate surface area is 107 Å². The number of carbonyl (C=O) groups is 1. The molecule has 0 bridgehead atoms. The number of rotatable bonds is 3. The molecule has 1 amide bonds. The highest BCUT2D eigenvalue weighted by Gasteiger charge is 2.15. The maximum atomic E-state index is 11.9. The van der Waals surface area contributed by atoms with Gasteiger partial charge in [-0.25, -0.2) is 0 Å². The van der Waals surface area contributed by atoms with Gasteiger partial charge in [-0.15, -0.1) is 0 Å². The van der Waals surface area contributed by atoms with E-state index in [2.05, 4.69) is 5.32 Å². The molecule has 4 nitrogen and oxygen atoms in total. The van der Waals surface area contributed by atoms with Crippen molar-refractivity contribution in [2.75, 3.05) is 6.54 Å². The van der Waals surface area contributed by atoms with Crippen LogP contribution in [0.4, 0.5) is 0 Å². The lowest BCUT2D eigenvalue weighted by atomic mass is 9.89. The average Bonchev–Trinajstić information content (AvgIpc) is 2.40. The third-order valence-electron chi connectivity index (χ3n) is 3.64. The van der Waals surface area contributed by atoms with Crippen LogP contribution in [-0.4, -0.2) is 17.0 Å². The van der Waals surface area contributed by atoms with Crippen LogP contribution in [0, 0.1) is 5.92 Å². The van der Waals surface area contributed by atoms with Gasteiger partial charge in [0.05, 0.1) is 0 Å². The van der Waals surface area contributed by atoms with Crippen molar-refractivity contribution in [1.29, 1.82) is 0 Å². The molecular weight excluding hydrogens is 228 g/mol. The summed E-state index contributed by atoms with van der Waals surface area (Å²) in [7, 11) is 1.67. The van der Waals surface area contributed by atoms with Crippen LogP contribution in [0.25, 0.3) is 0 Å². The van der Waals surface area contributed by atoms with Crippen LogP contribution in [0.5, 0.6) is 0 Å². The molecule has 0 radical (unpaired) electrons. The van der Waals surface area contributed by atoms with Gasteiger partial charge in [0.1, 0.15) is 0 Å². The maximum Gasteiger partial charge on any atom is 0.251 e. The van der Waals surface area contributed by atoms with Crippen molar-refractivity contribution in [3.8, 4) is 0 Å². The summed E-state index contributed by atoms with van der Waals surface area (Å²) >= 11 is 0. The summed E-state index contributed by atoms with van der Waals surface area (Å²) in [6.45, 7) is 0.730. The minimum Gasteiger partial charge on any atom is -0.352 e. The predicted octanol–water partition coefficient (Wildman–Crippen LogP) is 1.70. The lowest BCUT2D eigenvalue weighted by molar-refractivity contribution is 0.0943. The third-order valence-corrected chi connectivity index (χ3v) is 3.64. The summed E-state index contributed by atoms with van der Waals surface area (Å²) in [5, 5.41) is 2.93. The van der Waals surface area contributed by atoms with Crippen LogP contribution in [0.15, 0.2) is 23.1 Å². The normalized spacial score (nSPS) is 16.5. The van der Waals surface area contributed by atoms with Gasteiger partial charge in [0.25, 0.3) is 11.5 Å². The first-order chi connectivity index (χ1) is 8.66. The molecule has 98 valence electrons. The molecule has 0 saturated heterocycles. The molecule has 1 aromatic rings. The molecule has 1 saturated carbocycles. The van der Waals surface area contributed by atoms with E-state index in [4.69, 9.17) is 0 Å². The van der Waals surface area contributed by atoms with Gasteiger partial charge >= 0.3 is 0 Å². The number of carbonyl (C=O) groups excluding carboxylic acids is 1. The highest BCUT2D eigenvalue weighted by Crippen LogP contribution is 2.22. The van der Waals surface area contributed by atoms with Gasteiger partial charge in [0.15, 0.2) is 0 Å². The van der Waals surface area contributed by atoms with Crippen molar-refractivity contribution in [1.82, 2.24) is 9.88 Å². The van der Waals surface area contributed by atoms with Crippen LogP contribution in [0.2, 0.25) is 0 Å². The monoisotopic (exact) mass is 248 g/mol. The Balaban J connectivity index is 1.90. The number of nitrogens with one attached hydrogen (secondary N) is 1. The fraction of sp³-hybridized carbons (Fsp3) is 0.571. The summed E-state index contributed by atoms with van der Waals surface area (Å²) in [5.74, 6) is 0.465. The average molecular weight is 248 g/mol. The molecule has 0 atom stereocenters. The molecule has 18 heavy (non-hydrogen) atoms. The van der Waals surface area contributed by atoms with E-state index < -0.39 is 0 Å². The number of nitrogens with zero attached hydrogens (tertiary/aromatic N) is 1. The van der Waals surface area contributed by atoms with E-state index >= 15 is 0 Å². The minimum atomic E-state index is -0.152. The second-order valence-corrected chi connectivity index (χ2v) is 5.08. The number of pyridine rings is 1. The molecule has 1 aromatic heterocycles. The van der Waals surface area contributed by atoms with E-state index in [1.807, 2.05) is 0 Å². The Bertz CT molecular complexity index is 473. The zero-order chi connectivity index (χ0) is 13.0. The fourth-order valence-corrected chi connectivity index (χ4v) is 2.42. The maximum absolute atomic E-state index is 11.9. The van der Waals surface area contributed by atoms with Crippen molar-refractivity contribution in [2.45, 2.75) is 32.1 Å². The lowest BCUT2D eigenvalue weighted by Gasteiger charge is -2.21. The molecule has 1 aliphatic rings. The van der Waals surface area contributed by atoms with E-state index in [9.17, 15) is 9.59 Å². The highest BCUT2D eigenvalue weighted by atomic mass is 16.2. The van der Waals surface area contributed by atoms with Crippen molar-refractivity contribution < 1.29 is 4.79 Å². The van der Waals surface area contributed by atoms with E-state index in [0.717, 1.165) is 6.54 Å². The van der Waals surface area contributed by atoms with Gasteiger partial charge in [-0.1, -0.05) is 19.3 Å². The van der Waals surface area contributed by atoms with Gasteiger partial charge in [0, 0.05) is 31.4 Å². The summed E-state index contributed by atoms with van der Waals surface area (Å²) in [5.41, 5.74) is 0.300. The summed E-state index contributed by atoms with van der Waals surface area (Å²) in [4.78, 5) is 23.3. The Kier molecular flexibility index (Phi) is 4.18. The second kappa shape index (κ2) is 5.85. The topological polar surface area (TPSA) is 51.1 Å². The summed E-state index contributed by atoms with van der Waals surface area (Å²) < 4.78 is 1.46. The fourth-order valence-electron chi connectivity index (χ4n) is 2.42. The van der Waals surface area contributed by atoms with Gasteiger partial charge in [-0.3, -0.25) is 9.59 Å². The number of amides is 1. The van der Waals surface area contributed by atoms with Crippen molar-refractivity contribution in [3.05, 3.63) is 34.2 Å². The quantitative estimate of drug-likeness (QED) is 0.885. The largest absolute Gasteiger partial charge is 0.352 e. The zero-order valence-electron chi connectivity index (χ0n) is 10.8. The third kappa shape index (κ3) is 3.22.